The highest BCUT2D eigenvalue weighted by Gasteiger charge is 2.27. The van der Waals surface area contributed by atoms with Crippen LogP contribution >= 0.6 is 11.3 Å². The molecule has 3 amide bonds. The molecule has 2 heterocycles. The van der Waals surface area contributed by atoms with Gasteiger partial charge in [-0.3, -0.25) is 4.79 Å². The predicted octanol–water partition coefficient (Wildman–Crippen LogP) is 1.77. The molecule has 6 nitrogen and oxygen atoms in total. The molecule has 1 aromatic rings. The number of thiazole rings is 1. The second kappa shape index (κ2) is 8.12. The Morgan fingerprint density at radius 2 is 2.32 bits per heavy atom. The number of hydrogen-bond acceptors (Lipinski definition) is 4. The van der Waals surface area contributed by atoms with Crippen molar-refractivity contribution in [2.45, 2.75) is 51.6 Å². The summed E-state index contributed by atoms with van der Waals surface area (Å²) in [5.74, 6) is 0.00211. The molecule has 22 heavy (non-hydrogen) atoms. The fourth-order valence-corrected chi connectivity index (χ4v) is 3.26. The lowest BCUT2D eigenvalue weighted by Gasteiger charge is -2.35. The van der Waals surface area contributed by atoms with Gasteiger partial charge in [-0.25, -0.2) is 9.78 Å². The van der Waals surface area contributed by atoms with Gasteiger partial charge in [-0.15, -0.1) is 11.3 Å². The molecule has 2 atom stereocenters. The third kappa shape index (κ3) is 4.69. The van der Waals surface area contributed by atoms with Gasteiger partial charge in [0.2, 0.25) is 5.91 Å². The zero-order chi connectivity index (χ0) is 15.9. The summed E-state index contributed by atoms with van der Waals surface area (Å²) >= 11 is 1.57. The van der Waals surface area contributed by atoms with Crippen LogP contribution in [-0.2, 0) is 11.2 Å². The minimum atomic E-state index is -0.500. The van der Waals surface area contributed by atoms with Gasteiger partial charge in [-0.05, 0) is 33.1 Å². The summed E-state index contributed by atoms with van der Waals surface area (Å²) in [6.45, 7) is 5.11. The van der Waals surface area contributed by atoms with Gasteiger partial charge >= 0.3 is 6.03 Å². The first-order chi connectivity index (χ1) is 10.6. The van der Waals surface area contributed by atoms with E-state index >= 15 is 0 Å². The summed E-state index contributed by atoms with van der Waals surface area (Å²) in [4.78, 5) is 30.3. The van der Waals surface area contributed by atoms with Crippen molar-refractivity contribution in [3.05, 3.63) is 16.6 Å². The van der Waals surface area contributed by atoms with Crippen LogP contribution in [0.3, 0.4) is 0 Å². The average molecular weight is 324 g/mol. The van der Waals surface area contributed by atoms with Crippen molar-refractivity contribution in [2.24, 2.45) is 0 Å². The maximum Gasteiger partial charge on any atom is 0.315 e. The highest BCUT2D eigenvalue weighted by Crippen LogP contribution is 2.17. The summed E-state index contributed by atoms with van der Waals surface area (Å²) in [6, 6.07) is -0.541. The predicted molar refractivity (Wildman–Crippen MR) is 86.8 cm³/mol. The smallest absolute Gasteiger partial charge is 0.315 e. The minimum absolute atomic E-state index is 0.00211. The van der Waals surface area contributed by atoms with Gasteiger partial charge in [0.15, 0.2) is 0 Å². The van der Waals surface area contributed by atoms with Gasteiger partial charge in [0, 0.05) is 37.1 Å². The molecule has 2 rings (SSSR count). The molecule has 1 saturated heterocycles. The zero-order valence-corrected chi connectivity index (χ0v) is 14.0. The molecular weight excluding hydrogens is 300 g/mol. The van der Waals surface area contributed by atoms with E-state index in [0.717, 1.165) is 24.4 Å². The van der Waals surface area contributed by atoms with Crippen molar-refractivity contribution in [1.82, 2.24) is 20.5 Å². The van der Waals surface area contributed by atoms with Crippen LogP contribution in [0.1, 0.15) is 38.1 Å². The maximum absolute atomic E-state index is 12.4. The molecule has 1 aromatic heterocycles. The topological polar surface area (TPSA) is 74.3 Å². The Bertz CT molecular complexity index is 492. The number of urea groups is 1. The van der Waals surface area contributed by atoms with E-state index in [9.17, 15) is 9.59 Å². The number of rotatable bonds is 5. The molecule has 1 fully saturated rings. The Kier molecular flexibility index (Phi) is 6.18. The van der Waals surface area contributed by atoms with E-state index in [0.29, 0.717) is 13.0 Å². The van der Waals surface area contributed by atoms with E-state index in [-0.39, 0.29) is 18.0 Å². The number of aromatic nitrogens is 1. The van der Waals surface area contributed by atoms with Crippen LogP contribution in [0, 0.1) is 0 Å². The third-order valence-corrected chi connectivity index (χ3v) is 4.75. The van der Waals surface area contributed by atoms with E-state index in [1.807, 2.05) is 10.3 Å². The largest absolute Gasteiger partial charge is 0.338 e. The van der Waals surface area contributed by atoms with E-state index in [1.165, 1.54) is 6.42 Å². The second-order valence-corrected chi connectivity index (χ2v) is 6.65. The number of likely N-dealkylation sites (tertiary alicyclic amines) is 1. The zero-order valence-electron chi connectivity index (χ0n) is 13.2. The summed E-state index contributed by atoms with van der Waals surface area (Å²) in [5, 5.41) is 8.39. The minimum Gasteiger partial charge on any atom is -0.338 e. The van der Waals surface area contributed by atoms with Crippen LogP contribution in [0.5, 0.6) is 0 Å². The van der Waals surface area contributed by atoms with Gasteiger partial charge < -0.3 is 15.5 Å². The number of carbonyl (C=O) groups excluding carboxylic acids is 2. The van der Waals surface area contributed by atoms with Crippen LogP contribution in [0.4, 0.5) is 4.79 Å². The molecule has 1 aliphatic heterocycles. The molecule has 0 spiro atoms. The van der Waals surface area contributed by atoms with Gasteiger partial charge in [0.1, 0.15) is 6.04 Å². The molecular formula is C15H24N4O2S. The summed E-state index contributed by atoms with van der Waals surface area (Å²) in [5.41, 5.74) is 0. The number of nitrogens with one attached hydrogen (secondary N) is 2. The maximum atomic E-state index is 12.4. The Hall–Kier alpha value is -1.63. The van der Waals surface area contributed by atoms with E-state index in [2.05, 4.69) is 22.5 Å². The Balaban J connectivity index is 1.71. The van der Waals surface area contributed by atoms with Crippen molar-refractivity contribution < 1.29 is 9.59 Å². The van der Waals surface area contributed by atoms with Crippen molar-refractivity contribution in [1.29, 1.82) is 0 Å². The van der Waals surface area contributed by atoms with E-state index in [4.69, 9.17) is 0 Å². The molecule has 0 saturated carbocycles. The molecule has 2 N–H and O–H groups in total. The highest BCUT2D eigenvalue weighted by molar-refractivity contribution is 7.09. The summed E-state index contributed by atoms with van der Waals surface area (Å²) in [7, 11) is 0. The lowest BCUT2D eigenvalue weighted by atomic mass is 10.0. The molecule has 0 aliphatic carbocycles. The first-order valence-corrected chi connectivity index (χ1v) is 8.69. The van der Waals surface area contributed by atoms with Gasteiger partial charge in [0.25, 0.3) is 0 Å². The SMILES string of the molecule is C[C@H](NC(=O)NCCc1nccs1)C(=O)N1CCCC[C@H]1C. The molecule has 7 heteroatoms. The third-order valence-electron chi connectivity index (χ3n) is 3.91. The Morgan fingerprint density at radius 1 is 1.50 bits per heavy atom. The fourth-order valence-electron chi connectivity index (χ4n) is 2.64. The van der Waals surface area contributed by atoms with Crippen molar-refractivity contribution >= 4 is 23.3 Å². The molecule has 122 valence electrons. The standard InChI is InChI=1S/C15H24N4O2S/c1-11-5-3-4-9-19(11)14(20)12(2)18-15(21)17-7-6-13-16-8-10-22-13/h8,10-12H,3-7,9H2,1-2H3,(H2,17,18,21)/t11-,12+/m1/s1. The van der Waals surface area contributed by atoms with Crippen molar-refractivity contribution in [3.8, 4) is 0 Å². The van der Waals surface area contributed by atoms with Gasteiger partial charge in [0.05, 0.1) is 5.01 Å². The lowest BCUT2D eigenvalue weighted by molar-refractivity contribution is -0.136. The summed E-state index contributed by atoms with van der Waals surface area (Å²) < 4.78 is 0. The van der Waals surface area contributed by atoms with Gasteiger partial charge in [-0.1, -0.05) is 0 Å². The quantitative estimate of drug-likeness (QED) is 0.867. The summed E-state index contributed by atoms with van der Waals surface area (Å²) in [6.07, 6.45) is 5.71. The highest BCUT2D eigenvalue weighted by atomic mass is 32.1. The van der Waals surface area contributed by atoms with Crippen LogP contribution < -0.4 is 10.6 Å². The number of hydrogen-bond donors (Lipinski definition) is 2. The molecule has 0 bridgehead atoms. The van der Waals surface area contributed by atoms with Crippen LogP contribution in [0.2, 0.25) is 0 Å². The first-order valence-electron chi connectivity index (χ1n) is 7.81. The van der Waals surface area contributed by atoms with Crippen LogP contribution in [0.15, 0.2) is 11.6 Å². The van der Waals surface area contributed by atoms with E-state index < -0.39 is 6.04 Å². The molecule has 1 aliphatic rings. The Morgan fingerprint density at radius 3 is 3.00 bits per heavy atom. The molecule has 0 radical (unpaired) electrons. The molecule has 0 unspecified atom stereocenters. The van der Waals surface area contributed by atoms with E-state index in [1.54, 1.807) is 24.5 Å². The number of amides is 3. The molecule has 0 aromatic carbocycles. The first kappa shape index (κ1) is 16.7. The van der Waals surface area contributed by atoms with Crippen molar-refractivity contribution in [2.75, 3.05) is 13.1 Å². The Labute approximate surface area is 135 Å². The van der Waals surface area contributed by atoms with Crippen LogP contribution in [-0.4, -0.2) is 47.0 Å². The van der Waals surface area contributed by atoms with Gasteiger partial charge in [-0.2, -0.15) is 0 Å². The average Bonchev–Trinajstić information content (AvgIpc) is 3.00. The number of nitrogens with zero attached hydrogens (tertiary/aromatic N) is 2. The lowest BCUT2D eigenvalue weighted by Crippen LogP contribution is -2.53. The monoisotopic (exact) mass is 324 g/mol. The fraction of sp³-hybridized carbons (Fsp3) is 0.667. The second-order valence-electron chi connectivity index (χ2n) is 5.67. The van der Waals surface area contributed by atoms with Crippen molar-refractivity contribution in [3.63, 3.8) is 0 Å². The number of carbonyl (C=O) groups is 2. The number of piperidine rings is 1. The normalized spacial score (nSPS) is 19.5. The van der Waals surface area contributed by atoms with Crippen LogP contribution in [0.25, 0.3) is 0 Å².